The molecule has 0 aliphatic heterocycles. The molecule has 0 aliphatic rings. The lowest BCUT2D eigenvalue weighted by molar-refractivity contribution is -0.122. The van der Waals surface area contributed by atoms with Gasteiger partial charge in [0.25, 0.3) is 0 Å². The fourth-order valence-electron chi connectivity index (χ4n) is 1.74. The highest BCUT2D eigenvalue weighted by Gasteiger charge is 2.12. The van der Waals surface area contributed by atoms with E-state index in [1.807, 2.05) is 32.0 Å². The minimum Gasteiger partial charge on any atom is -0.490 e. The summed E-state index contributed by atoms with van der Waals surface area (Å²) in [6.07, 6.45) is 0.776. The smallest absolute Gasteiger partial charge is 0.223 e. The van der Waals surface area contributed by atoms with Crippen molar-refractivity contribution in [2.75, 3.05) is 13.2 Å². The molecule has 5 heteroatoms. The van der Waals surface area contributed by atoms with E-state index >= 15 is 0 Å². The van der Waals surface area contributed by atoms with Crippen LogP contribution in [0.1, 0.15) is 26.3 Å². The number of ether oxygens (including phenoxy) is 2. The van der Waals surface area contributed by atoms with Crippen LogP contribution in [0.2, 0.25) is 0 Å². The highest BCUT2D eigenvalue weighted by molar-refractivity contribution is 5.76. The summed E-state index contributed by atoms with van der Waals surface area (Å²) in [6, 6.07) is 5.81. The maximum atomic E-state index is 11.0. The number of carbonyl (C=O) groups is 1. The summed E-state index contributed by atoms with van der Waals surface area (Å²) in [4.78, 5) is 11.0. The predicted octanol–water partition coefficient (Wildman–Crippen LogP) is 1.48. The molecule has 0 bridgehead atoms. The van der Waals surface area contributed by atoms with E-state index in [2.05, 4.69) is 0 Å². The quantitative estimate of drug-likeness (QED) is 0.755. The van der Waals surface area contributed by atoms with Crippen molar-refractivity contribution in [1.82, 2.24) is 0 Å². The van der Waals surface area contributed by atoms with E-state index in [1.165, 1.54) is 0 Å². The lowest BCUT2D eigenvalue weighted by Gasteiger charge is -2.15. The molecule has 1 amide bonds. The van der Waals surface area contributed by atoms with Crippen LogP contribution in [0.25, 0.3) is 0 Å². The summed E-state index contributed by atoms with van der Waals surface area (Å²) < 4.78 is 11.2. The van der Waals surface area contributed by atoms with Gasteiger partial charge in [0.1, 0.15) is 0 Å². The average molecular weight is 280 g/mol. The Morgan fingerprint density at radius 3 is 2.50 bits per heavy atom. The maximum Gasteiger partial charge on any atom is 0.223 e. The second-order valence-corrected chi connectivity index (χ2v) is 5.01. The molecule has 0 aromatic heterocycles. The Hall–Kier alpha value is -1.75. The zero-order valence-electron chi connectivity index (χ0n) is 12.4. The van der Waals surface area contributed by atoms with Gasteiger partial charge < -0.3 is 20.9 Å². The van der Waals surface area contributed by atoms with Crippen molar-refractivity contribution < 1.29 is 14.3 Å². The van der Waals surface area contributed by atoms with Gasteiger partial charge in [-0.1, -0.05) is 13.0 Å². The summed E-state index contributed by atoms with van der Waals surface area (Å²) in [5.41, 5.74) is 12.1. The average Bonchev–Trinajstić information content (AvgIpc) is 2.37. The zero-order chi connectivity index (χ0) is 15.1. The number of nitrogens with two attached hydrogens (primary N) is 2. The molecule has 0 saturated carbocycles. The Balaban J connectivity index is 2.81. The van der Waals surface area contributed by atoms with E-state index in [0.717, 1.165) is 12.0 Å². The van der Waals surface area contributed by atoms with Crippen molar-refractivity contribution in [3.63, 3.8) is 0 Å². The van der Waals surface area contributed by atoms with Crippen molar-refractivity contribution in [1.29, 1.82) is 0 Å². The lowest BCUT2D eigenvalue weighted by Crippen LogP contribution is -2.25. The van der Waals surface area contributed by atoms with Gasteiger partial charge in [-0.3, -0.25) is 4.79 Å². The standard InChI is InChI=1S/C15H24N2O3/c1-4-19-14-8-12(7-11(3)16)5-6-13(14)20-9-10(2)15(17)18/h5-6,8,10-11H,4,7,9,16H2,1-3H3,(H2,17,18). The molecule has 4 N–H and O–H groups in total. The third-order valence-electron chi connectivity index (χ3n) is 2.84. The lowest BCUT2D eigenvalue weighted by atomic mass is 10.1. The summed E-state index contributed by atoms with van der Waals surface area (Å²) >= 11 is 0. The normalized spacial score (nSPS) is 13.6. The van der Waals surface area contributed by atoms with Crippen LogP contribution in [0.4, 0.5) is 0 Å². The van der Waals surface area contributed by atoms with Gasteiger partial charge in [0, 0.05) is 6.04 Å². The zero-order valence-corrected chi connectivity index (χ0v) is 12.4. The first-order valence-corrected chi connectivity index (χ1v) is 6.87. The van der Waals surface area contributed by atoms with Crippen LogP contribution < -0.4 is 20.9 Å². The molecular weight excluding hydrogens is 256 g/mol. The van der Waals surface area contributed by atoms with Crippen molar-refractivity contribution in [2.45, 2.75) is 33.2 Å². The van der Waals surface area contributed by atoms with Gasteiger partial charge in [0.15, 0.2) is 11.5 Å². The molecule has 2 unspecified atom stereocenters. The molecule has 5 nitrogen and oxygen atoms in total. The van der Waals surface area contributed by atoms with Gasteiger partial charge in [-0.05, 0) is 38.0 Å². The van der Waals surface area contributed by atoms with Crippen molar-refractivity contribution in [2.24, 2.45) is 17.4 Å². The van der Waals surface area contributed by atoms with Crippen molar-refractivity contribution >= 4 is 5.91 Å². The summed E-state index contributed by atoms with van der Waals surface area (Å²) in [5.74, 6) is 0.570. The fraction of sp³-hybridized carbons (Fsp3) is 0.533. The second-order valence-electron chi connectivity index (χ2n) is 5.01. The van der Waals surface area contributed by atoms with Crippen LogP contribution in [-0.4, -0.2) is 25.2 Å². The largest absolute Gasteiger partial charge is 0.490 e. The summed E-state index contributed by atoms with van der Waals surface area (Å²) in [6.45, 7) is 6.38. The van der Waals surface area contributed by atoms with E-state index in [0.29, 0.717) is 18.1 Å². The molecule has 112 valence electrons. The molecule has 0 radical (unpaired) electrons. The molecule has 0 spiro atoms. The SMILES string of the molecule is CCOc1cc(CC(C)N)ccc1OCC(C)C(N)=O. The minimum absolute atomic E-state index is 0.0890. The topological polar surface area (TPSA) is 87.6 Å². The Morgan fingerprint density at radius 1 is 1.25 bits per heavy atom. The first-order valence-electron chi connectivity index (χ1n) is 6.87. The number of benzene rings is 1. The van der Waals surface area contributed by atoms with Gasteiger partial charge in [0.2, 0.25) is 5.91 Å². The Kier molecular flexibility index (Phi) is 6.31. The molecule has 1 aromatic carbocycles. The highest BCUT2D eigenvalue weighted by Crippen LogP contribution is 2.29. The van der Waals surface area contributed by atoms with Crippen molar-refractivity contribution in [3.8, 4) is 11.5 Å². The highest BCUT2D eigenvalue weighted by atomic mass is 16.5. The molecular formula is C15H24N2O3. The fourth-order valence-corrected chi connectivity index (χ4v) is 1.74. The number of primary amides is 1. The molecule has 1 aromatic rings. The Morgan fingerprint density at radius 2 is 1.95 bits per heavy atom. The van der Waals surface area contributed by atoms with E-state index in [1.54, 1.807) is 6.92 Å². The number of carbonyl (C=O) groups excluding carboxylic acids is 1. The number of rotatable bonds is 8. The third kappa shape index (κ3) is 5.09. The maximum absolute atomic E-state index is 11.0. The predicted molar refractivity (Wildman–Crippen MR) is 78.8 cm³/mol. The second kappa shape index (κ2) is 7.75. The van der Waals surface area contributed by atoms with Gasteiger partial charge in [-0.2, -0.15) is 0 Å². The van der Waals surface area contributed by atoms with Gasteiger partial charge in [0.05, 0.1) is 19.1 Å². The summed E-state index contributed by atoms with van der Waals surface area (Å²) in [5, 5.41) is 0. The molecule has 0 saturated heterocycles. The minimum atomic E-state index is -0.378. The Bertz CT molecular complexity index is 447. The Labute approximate surface area is 120 Å². The van der Waals surface area contributed by atoms with Gasteiger partial charge in [-0.25, -0.2) is 0 Å². The van der Waals surface area contributed by atoms with Crippen LogP contribution in [0.3, 0.4) is 0 Å². The molecule has 0 fully saturated rings. The number of hydrogen-bond acceptors (Lipinski definition) is 4. The first-order chi connectivity index (χ1) is 9.43. The first kappa shape index (κ1) is 16.3. The number of amides is 1. The third-order valence-corrected chi connectivity index (χ3v) is 2.84. The molecule has 20 heavy (non-hydrogen) atoms. The number of hydrogen-bond donors (Lipinski definition) is 2. The molecule has 0 aliphatic carbocycles. The van der Waals surface area contributed by atoms with E-state index in [9.17, 15) is 4.79 Å². The van der Waals surface area contributed by atoms with Gasteiger partial charge >= 0.3 is 0 Å². The van der Waals surface area contributed by atoms with E-state index < -0.39 is 0 Å². The van der Waals surface area contributed by atoms with E-state index in [4.69, 9.17) is 20.9 Å². The monoisotopic (exact) mass is 280 g/mol. The van der Waals surface area contributed by atoms with Crippen LogP contribution >= 0.6 is 0 Å². The summed E-state index contributed by atoms with van der Waals surface area (Å²) in [7, 11) is 0. The van der Waals surface area contributed by atoms with Crippen LogP contribution in [0.5, 0.6) is 11.5 Å². The van der Waals surface area contributed by atoms with E-state index in [-0.39, 0.29) is 24.5 Å². The van der Waals surface area contributed by atoms with Crippen LogP contribution in [0, 0.1) is 5.92 Å². The van der Waals surface area contributed by atoms with Crippen LogP contribution in [0.15, 0.2) is 18.2 Å². The molecule has 0 heterocycles. The van der Waals surface area contributed by atoms with Gasteiger partial charge in [-0.15, -0.1) is 0 Å². The van der Waals surface area contributed by atoms with Crippen LogP contribution in [-0.2, 0) is 11.2 Å². The molecule has 1 rings (SSSR count). The molecule has 2 atom stereocenters. The van der Waals surface area contributed by atoms with Crippen molar-refractivity contribution in [3.05, 3.63) is 23.8 Å².